The third-order valence-corrected chi connectivity index (χ3v) is 2.57. The lowest BCUT2D eigenvalue weighted by Gasteiger charge is -2.03. The molecule has 0 unspecified atom stereocenters. The molecule has 3 heteroatoms. The van der Waals surface area contributed by atoms with Crippen molar-refractivity contribution in [2.45, 2.75) is 19.8 Å². The molecule has 0 saturated carbocycles. The number of nitrogens with two attached hydrogens (primary N) is 1. The highest BCUT2D eigenvalue weighted by atomic mass is 15.0. The van der Waals surface area contributed by atoms with Crippen LogP contribution in [0.2, 0.25) is 0 Å². The van der Waals surface area contributed by atoms with Crippen LogP contribution in [0.5, 0.6) is 0 Å². The van der Waals surface area contributed by atoms with Gasteiger partial charge in [0.1, 0.15) is 0 Å². The Balaban J connectivity index is 2.02. The molecule has 15 heavy (non-hydrogen) atoms. The zero-order chi connectivity index (χ0) is 10.7. The summed E-state index contributed by atoms with van der Waals surface area (Å²) < 4.78 is 0. The largest absolute Gasteiger partial charge is 0.369 e. The molecule has 78 valence electrons. The van der Waals surface area contributed by atoms with Gasteiger partial charge < -0.3 is 10.7 Å². The summed E-state index contributed by atoms with van der Waals surface area (Å²) in [6, 6.07) is 8.43. The molecule has 0 saturated heterocycles. The molecule has 0 aliphatic rings. The van der Waals surface area contributed by atoms with Gasteiger partial charge in [0.25, 0.3) is 0 Å². The molecule has 0 bridgehead atoms. The van der Waals surface area contributed by atoms with Crippen LogP contribution in [0.25, 0.3) is 0 Å². The first-order valence-corrected chi connectivity index (χ1v) is 5.09. The van der Waals surface area contributed by atoms with E-state index in [1.807, 2.05) is 0 Å². The average molecular weight is 201 g/mol. The number of aromatic amines is 1. The van der Waals surface area contributed by atoms with E-state index >= 15 is 0 Å². The highest BCUT2D eigenvalue weighted by Gasteiger charge is 2.00. The summed E-state index contributed by atoms with van der Waals surface area (Å²) in [5, 5.41) is 0. The number of aryl methyl sites for hydroxylation is 3. The molecule has 1 aromatic carbocycles. The van der Waals surface area contributed by atoms with Crippen molar-refractivity contribution in [3.8, 4) is 0 Å². The number of rotatable bonds is 3. The monoisotopic (exact) mass is 201 g/mol. The summed E-state index contributed by atoms with van der Waals surface area (Å²) in [7, 11) is 0. The lowest BCUT2D eigenvalue weighted by molar-refractivity contribution is 0.918. The smallest absolute Gasteiger partial charge is 0.197 e. The first-order chi connectivity index (χ1) is 7.25. The van der Waals surface area contributed by atoms with Crippen LogP contribution in [0, 0.1) is 6.92 Å². The Labute approximate surface area is 89.4 Å². The Morgan fingerprint density at radius 3 is 2.73 bits per heavy atom. The molecular formula is C12H15N3. The summed E-state index contributed by atoms with van der Waals surface area (Å²) in [6.45, 7) is 2.14. The number of anilines is 1. The van der Waals surface area contributed by atoms with E-state index < -0.39 is 0 Å². The minimum absolute atomic E-state index is 0.495. The maximum atomic E-state index is 5.51. The van der Waals surface area contributed by atoms with E-state index in [4.69, 9.17) is 5.73 Å². The van der Waals surface area contributed by atoms with Gasteiger partial charge in [0.15, 0.2) is 5.95 Å². The molecule has 0 amide bonds. The van der Waals surface area contributed by atoms with Gasteiger partial charge in [-0.3, -0.25) is 0 Å². The molecular weight excluding hydrogens is 186 g/mol. The van der Waals surface area contributed by atoms with Crippen LogP contribution in [-0.4, -0.2) is 9.97 Å². The summed E-state index contributed by atoms with van der Waals surface area (Å²) >= 11 is 0. The van der Waals surface area contributed by atoms with Gasteiger partial charge in [-0.25, -0.2) is 4.98 Å². The van der Waals surface area contributed by atoms with E-state index in [0.717, 1.165) is 18.5 Å². The predicted octanol–water partition coefficient (Wildman–Crippen LogP) is 2.09. The van der Waals surface area contributed by atoms with Crippen molar-refractivity contribution in [2.24, 2.45) is 0 Å². The van der Waals surface area contributed by atoms with Crippen LogP contribution in [0.3, 0.4) is 0 Å². The SMILES string of the molecule is Cc1ccccc1CCc1cnc(N)[nH]1. The number of nitrogens with zero attached hydrogens (tertiary/aromatic N) is 1. The number of aromatic nitrogens is 2. The van der Waals surface area contributed by atoms with Gasteiger partial charge in [-0.2, -0.15) is 0 Å². The summed E-state index contributed by atoms with van der Waals surface area (Å²) in [5.74, 6) is 0.495. The van der Waals surface area contributed by atoms with Crippen LogP contribution in [0.4, 0.5) is 5.95 Å². The Morgan fingerprint density at radius 1 is 1.27 bits per heavy atom. The Kier molecular flexibility index (Phi) is 2.72. The molecule has 2 rings (SSSR count). The van der Waals surface area contributed by atoms with Crippen molar-refractivity contribution in [1.29, 1.82) is 0 Å². The topological polar surface area (TPSA) is 54.7 Å². The maximum Gasteiger partial charge on any atom is 0.197 e. The minimum atomic E-state index is 0.495. The third kappa shape index (κ3) is 2.37. The van der Waals surface area contributed by atoms with Crippen molar-refractivity contribution in [3.05, 3.63) is 47.3 Å². The first-order valence-electron chi connectivity index (χ1n) is 5.09. The van der Waals surface area contributed by atoms with Crippen LogP contribution < -0.4 is 5.73 Å². The van der Waals surface area contributed by atoms with E-state index in [2.05, 4.69) is 41.2 Å². The lowest BCUT2D eigenvalue weighted by atomic mass is 10.0. The fourth-order valence-electron chi connectivity index (χ4n) is 1.66. The highest BCUT2D eigenvalue weighted by molar-refractivity contribution is 5.27. The lowest BCUT2D eigenvalue weighted by Crippen LogP contribution is -1.94. The van der Waals surface area contributed by atoms with Gasteiger partial charge >= 0.3 is 0 Å². The van der Waals surface area contributed by atoms with Crippen molar-refractivity contribution in [3.63, 3.8) is 0 Å². The fraction of sp³-hybridized carbons (Fsp3) is 0.250. The van der Waals surface area contributed by atoms with E-state index in [9.17, 15) is 0 Å². The van der Waals surface area contributed by atoms with Crippen molar-refractivity contribution >= 4 is 5.95 Å². The van der Waals surface area contributed by atoms with Gasteiger partial charge in [-0.1, -0.05) is 24.3 Å². The third-order valence-electron chi connectivity index (χ3n) is 2.57. The molecule has 1 aromatic heterocycles. The second-order valence-corrected chi connectivity index (χ2v) is 3.72. The van der Waals surface area contributed by atoms with E-state index in [0.29, 0.717) is 5.95 Å². The number of nitrogens with one attached hydrogen (secondary N) is 1. The number of hydrogen-bond donors (Lipinski definition) is 2. The maximum absolute atomic E-state index is 5.51. The second kappa shape index (κ2) is 4.17. The molecule has 3 N–H and O–H groups in total. The van der Waals surface area contributed by atoms with E-state index in [-0.39, 0.29) is 0 Å². The van der Waals surface area contributed by atoms with Crippen molar-refractivity contribution in [2.75, 3.05) is 5.73 Å². The van der Waals surface area contributed by atoms with E-state index in [1.54, 1.807) is 6.20 Å². The number of nitrogen functional groups attached to an aromatic ring is 1. The molecule has 0 radical (unpaired) electrons. The Morgan fingerprint density at radius 2 is 2.07 bits per heavy atom. The van der Waals surface area contributed by atoms with Crippen LogP contribution in [0.1, 0.15) is 16.8 Å². The normalized spacial score (nSPS) is 10.5. The van der Waals surface area contributed by atoms with Gasteiger partial charge in [-0.15, -0.1) is 0 Å². The van der Waals surface area contributed by atoms with Gasteiger partial charge in [0, 0.05) is 5.69 Å². The predicted molar refractivity (Wildman–Crippen MR) is 61.6 cm³/mol. The Hall–Kier alpha value is -1.77. The molecule has 2 aromatic rings. The molecule has 1 heterocycles. The highest BCUT2D eigenvalue weighted by Crippen LogP contribution is 2.10. The minimum Gasteiger partial charge on any atom is -0.369 e. The number of benzene rings is 1. The molecule has 0 atom stereocenters. The quantitative estimate of drug-likeness (QED) is 0.798. The summed E-state index contributed by atoms with van der Waals surface area (Å²) in [4.78, 5) is 7.01. The van der Waals surface area contributed by atoms with Gasteiger partial charge in [0.2, 0.25) is 0 Å². The molecule has 0 fully saturated rings. The van der Waals surface area contributed by atoms with Gasteiger partial charge in [-0.05, 0) is 30.9 Å². The first kappa shape index (κ1) is 9.77. The zero-order valence-electron chi connectivity index (χ0n) is 8.83. The molecule has 3 nitrogen and oxygen atoms in total. The van der Waals surface area contributed by atoms with Crippen LogP contribution in [0.15, 0.2) is 30.5 Å². The summed E-state index contributed by atoms with van der Waals surface area (Å²) in [5.41, 5.74) is 9.32. The molecule has 0 spiro atoms. The molecule has 0 aliphatic heterocycles. The van der Waals surface area contributed by atoms with Gasteiger partial charge in [0.05, 0.1) is 6.20 Å². The van der Waals surface area contributed by atoms with Crippen LogP contribution >= 0.6 is 0 Å². The van der Waals surface area contributed by atoms with E-state index in [1.165, 1.54) is 11.1 Å². The second-order valence-electron chi connectivity index (χ2n) is 3.72. The zero-order valence-corrected chi connectivity index (χ0v) is 8.83. The number of hydrogen-bond acceptors (Lipinski definition) is 2. The standard InChI is InChI=1S/C12H15N3/c1-9-4-2-3-5-10(9)6-7-11-8-14-12(13)15-11/h2-5,8H,6-7H2,1H3,(H3,13,14,15). The van der Waals surface area contributed by atoms with Crippen molar-refractivity contribution in [1.82, 2.24) is 9.97 Å². The van der Waals surface area contributed by atoms with Crippen molar-refractivity contribution < 1.29 is 0 Å². The average Bonchev–Trinajstić information content (AvgIpc) is 2.63. The number of H-pyrrole nitrogens is 1. The fourth-order valence-corrected chi connectivity index (χ4v) is 1.66. The molecule has 0 aliphatic carbocycles. The number of imidazole rings is 1. The Bertz CT molecular complexity index is 446. The summed E-state index contributed by atoms with van der Waals surface area (Å²) in [6.07, 6.45) is 3.77. The van der Waals surface area contributed by atoms with Crippen LogP contribution in [-0.2, 0) is 12.8 Å².